The SMILES string of the molecule is O=[N+]([O-])c1cc(Br)ccc1[C@@H]1CO1. The van der Waals surface area contributed by atoms with E-state index in [0.29, 0.717) is 16.6 Å². The first-order chi connectivity index (χ1) is 6.18. The van der Waals surface area contributed by atoms with Crippen molar-refractivity contribution in [2.45, 2.75) is 6.10 Å². The van der Waals surface area contributed by atoms with Crippen molar-refractivity contribution in [2.24, 2.45) is 0 Å². The van der Waals surface area contributed by atoms with Crippen LogP contribution in [0.1, 0.15) is 11.7 Å². The van der Waals surface area contributed by atoms with E-state index in [1.807, 2.05) is 0 Å². The van der Waals surface area contributed by atoms with Crippen LogP contribution in [-0.4, -0.2) is 11.5 Å². The first-order valence-corrected chi connectivity index (χ1v) is 4.53. The van der Waals surface area contributed by atoms with Gasteiger partial charge in [-0.05, 0) is 12.1 Å². The Labute approximate surface area is 82.8 Å². The maximum Gasteiger partial charge on any atom is 0.276 e. The molecule has 0 amide bonds. The molecule has 0 bridgehead atoms. The minimum atomic E-state index is -0.387. The third-order valence-corrected chi connectivity index (χ3v) is 2.36. The molecule has 4 nitrogen and oxygen atoms in total. The summed E-state index contributed by atoms with van der Waals surface area (Å²) in [5.74, 6) is 0. The number of nitrogens with zero attached hydrogens (tertiary/aromatic N) is 1. The van der Waals surface area contributed by atoms with E-state index in [0.717, 1.165) is 0 Å². The standard InChI is InChI=1S/C8H6BrNO3/c9-5-1-2-6(8-4-13-8)7(3-5)10(11)12/h1-3,8H,4H2/t8-/m0/s1. The lowest BCUT2D eigenvalue weighted by molar-refractivity contribution is -0.385. The fourth-order valence-electron chi connectivity index (χ4n) is 1.17. The highest BCUT2D eigenvalue weighted by atomic mass is 79.9. The van der Waals surface area contributed by atoms with Crippen LogP contribution in [0.5, 0.6) is 0 Å². The van der Waals surface area contributed by atoms with Gasteiger partial charge in [0.1, 0.15) is 6.10 Å². The predicted molar refractivity (Wildman–Crippen MR) is 49.5 cm³/mol. The summed E-state index contributed by atoms with van der Waals surface area (Å²) in [6.07, 6.45) is -0.0755. The first kappa shape index (κ1) is 8.65. The lowest BCUT2D eigenvalue weighted by Crippen LogP contribution is -1.94. The minimum absolute atomic E-state index is 0.0755. The monoisotopic (exact) mass is 243 g/mol. The van der Waals surface area contributed by atoms with Crippen LogP contribution in [0.2, 0.25) is 0 Å². The second kappa shape index (κ2) is 3.08. The zero-order valence-corrected chi connectivity index (χ0v) is 8.15. The van der Waals surface area contributed by atoms with Crippen LogP contribution >= 0.6 is 15.9 Å². The molecular formula is C8H6BrNO3. The molecule has 1 aromatic carbocycles. The molecule has 1 aromatic rings. The average molecular weight is 244 g/mol. The van der Waals surface area contributed by atoms with Gasteiger partial charge in [0.05, 0.1) is 17.1 Å². The summed E-state index contributed by atoms with van der Waals surface area (Å²) in [6.45, 7) is 0.586. The summed E-state index contributed by atoms with van der Waals surface area (Å²) in [7, 11) is 0. The molecule has 1 aliphatic rings. The molecule has 0 aliphatic carbocycles. The molecule has 1 heterocycles. The summed E-state index contributed by atoms with van der Waals surface area (Å²) in [6, 6.07) is 5.00. The molecule has 1 saturated heterocycles. The third kappa shape index (κ3) is 1.71. The summed E-state index contributed by atoms with van der Waals surface area (Å²) < 4.78 is 5.72. The molecule has 0 radical (unpaired) electrons. The van der Waals surface area contributed by atoms with E-state index in [9.17, 15) is 10.1 Å². The Morgan fingerprint density at radius 3 is 2.85 bits per heavy atom. The molecule has 0 unspecified atom stereocenters. The summed E-state index contributed by atoms with van der Waals surface area (Å²) in [5.41, 5.74) is 0.782. The number of halogens is 1. The Morgan fingerprint density at radius 1 is 1.62 bits per heavy atom. The second-order valence-corrected chi connectivity index (χ2v) is 3.70. The number of rotatable bonds is 2. The minimum Gasteiger partial charge on any atom is -0.368 e. The Morgan fingerprint density at radius 2 is 2.31 bits per heavy atom. The van der Waals surface area contributed by atoms with Gasteiger partial charge in [-0.2, -0.15) is 0 Å². The Bertz CT molecular complexity index is 362. The quantitative estimate of drug-likeness (QED) is 0.456. The van der Waals surface area contributed by atoms with E-state index < -0.39 is 0 Å². The van der Waals surface area contributed by atoms with E-state index in [4.69, 9.17) is 4.74 Å². The van der Waals surface area contributed by atoms with Crippen LogP contribution in [0.3, 0.4) is 0 Å². The maximum atomic E-state index is 10.6. The van der Waals surface area contributed by atoms with E-state index in [1.54, 1.807) is 12.1 Å². The van der Waals surface area contributed by atoms with Crippen molar-refractivity contribution in [3.05, 3.63) is 38.3 Å². The van der Waals surface area contributed by atoms with Crippen LogP contribution in [0.15, 0.2) is 22.7 Å². The average Bonchev–Trinajstić information content (AvgIpc) is 2.87. The van der Waals surface area contributed by atoms with Gasteiger partial charge in [-0.15, -0.1) is 0 Å². The molecule has 1 aliphatic heterocycles. The van der Waals surface area contributed by atoms with Crippen molar-refractivity contribution in [3.63, 3.8) is 0 Å². The number of hydrogen-bond donors (Lipinski definition) is 0. The first-order valence-electron chi connectivity index (χ1n) is 3.74. The van der Waals surface area contributed by atoms with E-state index in [-0.39, 0.29) is 16.7 Å². The van der Waals surface area contributed by atoms with Crippen LogP contribution < -0.4 is 0 Å². The number of ether oxygens (including phenoxy) is 1. The summed E-state index contributed by atoms with van der Waals surface area (Å²) in [5, 5.41) is 10.6. The Kier molecular flexibility index (Phi) is 2.05. The smallest absolute Gasteiger partial charge is 0.276 e. The zero-order valence-electron chi connectivity index (χ0n) is 6.57. The largest absolute Gasteiger partial charge is 0.368 e. The van der Waals surface area contributed by atoms with Crippen LogP contribution in [0.4, 0.5) is 5.69 Å². The van der Waals surface area contributed by atoms with Gasteiger partial charge >= 0.3 is 0 Å². The second-order valence-electron chi connectivity index (χ2n) is 2.78. The molecule has 0 N–H and O–H groups in total. The zero-order chi connectivity index (χ0) is 9.42. The van der Waals surface area contributed by atoms with Gasteiger partial charge in [0, 0.05) is 10.5 Å². The number of epoxide rings is 1. The topological polar surface area (TPSA) is 55.7 Å². The molecule has 0 saturated carbocycles. The molecule has 5 heteroatoms. The van der Waals surface area contributed by atoms with E-state index >= 15 is 0 Å². The van der Waals surface area contributed by atoms with Crippen LogP contribution in [0.25, 0.3) is 0 Å². The van der Waals surface area contributed by atoms with Gasteiger partial charge in [0.25, 0.3) is 5.69 Å². The highest BCUT2D eigenvalue weighted by Crippen LogP contribution is 2.37. The normalized spacial score (nSPS) is 19.9. The van der Waals surface area contributed by atoms with Crippen molar-refractivity contribution in [1.82, 2.24) is 0 Å². The molecule has 2 rings (SSSR count). The Hall–Kier alpha value is -0.940. The van der Waals surface area contributed by atoms with Gasteiger partial charge in [-0.25, -0.2) is 0 Å². The highest BCUT2D eigenvalue weighted by Gasteiger charge is 2.31. The lowest BCUT2D eigenvalue weighted by Gasteiger charge is -1.98. The van der Waals surface area contributed by atoms with Crippen molar-refractivity contribution >= 4 is 21.6 Å². The molecule has 68 valence electrons. The van der Waals surface area contributed by atoms with E-state index in [1.165, 1.54) is 6.07 Å². The van der Waals surface area contributed by atoms with Crippen molar-refractivity contribution < 1.29 is 9.66 Å². The van der Waals surface area contributed by atoms with Gasteiger partial charge in [-0.3, -0.25) is 10.1 Å². The predicted octanol–water partition coefficient (Wildman–Crippen LogP) is 2.43. The third-order valence-electron chi connectivity index (χ3n) is 1.87. The van der Waals surface area contributed by atoms with Crippen molar-refractivity contribution in [1.29, 1.82) is 0 Å². The molecule has 1 atom stereocenters. The molecule has 1 fully saturated rings. The van der Waals surface area contributed by atoms with Crippen molar-refractivity contribution in [2.75, 3.05) is 6.61 Å². The molecule has 13 heavy (non-hydrogen) atoms. The highest BCUT2D eigenvalue weighted by molar-refractivity contribution is 9.10. The Balaban J connectivity index is 2.47. The van der Waals surface area contributed by atoms with Crippen LogP contribution in [0, 0.1) is 10.1 Å². The fraction of sp³-hybridized carbons (Fsp3) is 0.250. The number of benzene rings is 1. The summed E-state index contributed by atoms with van der Waals surface area (Å²) in [4.78, 5) is 10.2. The number of nitro benzene ring substituents is 1. The number of nitro groups is 1. The fourth-order valence-corrected chi connectivity index (χ4v) is 1.52. The van der Waals surface area contributed by atoms with Gasteiger partial charge in [-0.1, -0.05) is 15.9 Å². The number of hydrogen-bond acceptors (Lipinski definition) is 3. The van der Waals surface area contributed by atoms with Crippen LogP contribution in [-0.2, 0) is 4.74 Å². The van der Waals surface area contributed by atoms with Crippen molar-refractivity contribution in [3.8, 4) is 0 Å². The van der Waals surface area contributed by atoms with E-state index in [2.05, 4.69) is 15.9 Å². The van der Waals surface area contributed by atoms with Gasteiger partial charge < -0.3 is 4.74 Å². The lowest BCUT2D eigenvalue weighted by atomic mass is 10.1. The molecule has 0 aromatic heterocycles. The molecular weight excluding hydrogens is 238 g/mol. The summed E-state index contributed by atoms with van der Waals surface area (Å²) >= 11 is 3.19. The molecule has 0 spiro atoms. The maximum absolute atomic E-state index is 10.6. The van der Waals surface area contributed by atoms with Gasteiger partial charge in [0.15, 0.2) is 0 Å². The van der Waals surface area contributed by atoms with Gasteiger partial charge in [0.2, 0.25) is 0 Å².